The first kappa shape index (κ1) is 19.4. The third-order valence-corrected chi connectivity index (χ3v) is 5.76. The number of carbonyl (C=O) groups is 1. The number of aromatic nitrogens is 1. The van der Waals surface area contributed by atoms with Crippen LogP contribution in [0.3, 0.4) is 0 Å². The second kappa shape index (κ2) is 8.21. The van der Waals surface area contributed by atoms with Gasteiger partial charge in [0.2, 0.25) is 0 Å². The van der Waals surface area contributed by atoms with Crippen LogP contribution in [0.25, 0.3) is 10.8 Å². The Morgan fingerprint density at radius 1 is 1.00 bits per heavy atom. The van der Waals surface area contributed by atoms with Crippen molar-refractivity contribution in [2.75, 3.05) is 38.1 Å². The van der Waals surface area contributed by atoms with E-state index in [2.05, 4.69) is 46.4 Å². The molecule has 1 saturated heterocycles. The van der Waals surface area contributed by atoms with E-state index in [9.17, 15) is 4.79 Å². The predicted octanol–water partition coefficient (Wildman–Crippen LogP) is 3.79. The molecule has 4 rings (SSSR count). The fourth-order valence-corrected chi connectivity index (χ4v) is 3.93. The van der Waals surface area contributed by atoms with Gasteiger partial charge in [-0.15, -0.1) is 0 Å². The van der Waals surface area contributed by atoms with E-state index >= 15 is 0 Å². The van der Waals surface area contributed by atoms with Crippen molar-refractivity contribution >= 4 is 22.5 Å². The largest absolute Gasteiger partial charge is 0.354 e. The first-order chi connectivity index (χ1) is 14.0. The van der Waals surface area contributed by atoms with Crippen LogP contribution in [-0.2, 0) is 0 Å². The molecular formula is C24H28N4O. The molecule has 5 nitrogen and oxygen atoms in total. The van der Waals surface area contributed by atoms with E-state index in [4.69, 9.17) is 4.98 Å². The Morgan fingerprint density at radius 2 is 1.72 bits per heavy atom. The Balaban J connectivity index is 1.55. The van der Waals surface area contributed by atoms with Crippen LogP contribution in [0.2, 0.25) is 0 Å². The highest BCUT2D eigenvalue weighted by molar-refractivity contribution is 5.95. The Kier molecular flexibility index (Phi) is 5.49. The number of fused-ring (bicyclic) bond motifs is 1. The molecule has 1 atom stereocenters. The molecule has 3 aromatic rings. The molecule has 150 valence electrons. The van der Waals surface area contributed by atoms with Crippen LogP contribution in [0.15, 0.2) is 54.6 Å². The third kappa shape index (κ3) is 4.10. The molecule has 5 heteroatoms. The minimum Gasteiger partial charge on any atom is -0.354 e. The number of likely N-dealkylation sites (N-methyl/N-ethyl adjacent to an activating group) is 1. The van der Waals surface area contributed by atoms with Gasteiger partial charge in [-0.2, -0.15) is 0 Å². The fourth-order valence-electron chi connectivity index (χ4n) is 3.93. The van der Waals surface area contributed by atoms with Crippen molar-refractivity contribution < 1.29 is 4.79 Å². The zero-order chi connectivity index (χ0) is 20.4. The van der Waals surface area contributed by atoms with Gasteiger partial charge in [0.1, 0.15) is 11.5 Å². The standard InChI is InChI=1S/C24H28N4O/c1-17-11-12-22(28-15-13-27(3)14-16-28)26-23(17)24(29)25-18(2)20-10-6-8-19-7-4-5-9-21(19)20/h4-12,18H,13-16H2,1-3H3,(H,25,29)/t18-/m1/s1. The smallest absolute Gasteiger partial charge is 0.270 e. The monoisotopic (exact) mass is 388 g/mol. The molecule has 1 aromatic heterocycles. The summed E-state index contributed by atoms with van der Waals surface area (Å²) in [6.07, 6.45) is 0. The minimum absolute atomic E-state index is 0.109. The fraction of sp³-hybridized carbons (Fsp3) is 0.333. The van der Waals surface area contributed by atoms with Gasteiger partial charge in [0.05, 0.1) is 6.04 Å². The normalized spacial score (nSPS) is 16.0. The Bertz CT molecular complexity index is 1020. The summed E-state index contributed by atoms with van der Waals surface area (Å²) >= 11 is 0. The van der Waals surface area contributed by atoms with Crippen molar-refractivity contribution in [3.05, 3.63) is 71.4 Å². The molecule has 1 N–H and O–H groups in total. The number of anilines is 1. The second-order valence-electron chi connectivity index (χ2n) is 7.89. The number of aryl methyl sites for hydroxylation is 1. The van der Waals surface area contributed by atoms with Gasteiger partial charge in [-0.3, -0.25) is 4.79 Å². The highest BCUT2D eigenvalue weighted by Gasteiger charge is 2.20. The van der Waals surface area contributed by atoms with Gasteiger partial charge in [-0.25, -0.2) is 4.98 Å². The molecule has 0 spiro atoms. The van der Waals surface area contributed by atoms with Gasteiger partial charge in [0.15, 0.2) is 0 Å². The lowest BCUT2D eigenvalue weighted by Crippen LogP contribution is -2.45. The number of nitrogens with zero attached hydrogens (tertiary/aromatic N) is 3. The van der Waals surface area contributed by atoms with E-state index in [1.54, 1.807) is 0 Å². The molecular weight excluding hydrogens is 360 g/mol. The molecule has 1 aliphatic heterocycles. The van der Waals surface area contributed by atoms with E-state index in [1.807, 2.05) is 44.2 Å². The maximum atomic E-state index is 13.1. The Labute approximate surface area is 172 Å². The number of hydrogen-bond acceptors (Lipinski definition) is 4. The lowest BCUT2D eigenvalue weighted by molar-refractivity contribution is 0.0934. The average Bonchev–Trinajstić information content (AvgIpc) is 2.74. The van der Waals surface area contributed by atoms with Gasteiger partial charge >= 0.3 is 0 Å². The average molecular weight is 389 g/mol. The molecule has 2 heterocycles. The van der Waals surface area contributed by atoms with Crippen LogP contribution in [-0.4, -0.2) is 49.0 Å². The maximum absolute atomic E-state index is 13.1. The van der Waals surface area contributed by atoms with Crippen molar-refractivity contribution in [3.8, 4) is 0 Å². The number of pyridine rings is 1. The Hall–Kier alpha value is -2.92. The molecule has 0 radical (unpaired) electrons. The summed E-state index contributed by atoms with van der Waals surface area (Å²) in [6, 6.07) is 18.4. The van der Waals surface area contributed by atoms with Crippen LogP contribution < -0.4 is 10.2 Å². The number of piperazine rings is 1. The van der Waals surface area contributed by atoms with Gasteiger partial charge in [0.25, 0.3) is 5.91 Å². The topological polar surface area (TPSA) is 48.5 Å². The van der Waals surface area contributed by atoms with Crippen LogP contribution in [0.5, 0.6) is 0 Å². The summed E-state index contributed by atoms with van der Waals surface area (Å²) in [5, 5.41) is 5.50. The molecule has 0 unspecified atom stereocenters. The van der Waals surface area contributed by atoms with Crippen LogP contribution in [0.4, 0.5) is 5.82 Å². The van der Waals surface area contributed by atoms with Gasteiger partial charge < -0.3 is 15.1 Å². The lowest BCUT2D eigenvalue weighted by atomic mass is 9.99. The van der Waals surface area contributed by atoms with Crippen molar-refractivity contribution in [1.82, 2.24) is 15.2 Å². The number of hydrogen-bond donors (Lipinski definition) is 1. The first-order valence-electron chi connectivity index (χ1n) is 10.2. The van der Waals surface area contributed by atoms with Crippen molar-refractivity contribution in [3.63, 3.8) is 0 Å². The summed E-state index contributed by atoms with van der Waals surface area (Å²) in [7, 11) is 2.13. The van der Waals surface area contributed by atoms with Crippen molar-refractivity contribution in [2.24, 2.45) is 0 Å². The van der Waals surface area contributed by atoms with E-state index in [-0.39, 0.29) is 11.9 Å². The Morgan fingerprint density at radius 3 is 2.52 bits per heavy atom. The van der Waals surface area contributed by atoms with Crippen LogP contribution in [0.1, 0.15) is 34.6 Å². The summed E-state index contributed by atoms with van der Waals surface area (Å²) in [4.78, 5) is 22.4. The molecule has 0 bridgehead atoms. The molecule has 1 fully saturated rings. The van der Waals surface area contributed by atoms with Crippen molar-refractivity contribution in [1.29, 1.82) is 0 Å². The van der Waals surface area contributed by atoms with Gasteiger partial charge in [-0.05, 0) is 48.9 Å². The molecule has 29 heavy (non-hydrogen) atoms. The van der Waals surface area contributed by atoms with Crippen LogP contribution in [0, 0.1) is 6.92 Å². The maximum Gasteiger partial charge on any atom is 0.270 e. The molecule has 2 aromatic carbocycles. The van der Waals surface area contributed by atoms with Gasteiger partial charge in [0, 0.05) is 26.2 Å². The third-order valence-electron chi connectivity index (χ3n) is 5.76. The predicted molar refractivity (Wildman–Crippen MR) is 119 cm³/mol. The molecule has 0 aliphatic carbocycles. The minimum atomic E-state index is -0.126. The van der Waals surface area contributed by atoms with E-state index in [0.717, 1.165) is 43.1 Å². The number of rotatable bonds is 4. The summed E-state index contributed by atoms with van der Waals surface area (Å²) in [5.41, 5.74) is 2.52. The van der Waals surface area contributed by atoms with E-state index < -0.39 is 0 Å². The number of amides is 1. The molecule has 1 amide bonds. The molecule has 1 aliphatic rings. The number of carbonyl (C=O) groups excluding carboxylic acids is 1. The molecule has 0 saturated carbocycles. The van der Waals surface area contributed by atoms with Crippen LogP contribution >= 0.6 is 0 Å². The summed E-state index contributed by atoms with van der Waals surface area (Å²) < 4.78 is 0. The second-order valence-corrected chi connectivity index (χ2v) is 7.89. The lowest BCUT2D eigenvalue weighted by Gasteiger charge is -2.33. The highest BCUT2D eigenvalue weighted by atomic mass is 16.1. The SMILES string of the molecule is Cc1ccc(N2CCN(C)CC2)nc1C(=O)N[C@H](C)c1cccc2ccccc12. The zero-order valence-corrected chi connectivity index (χ0v) is 17.4. The first-order valence-corrected chi connectivity index (χ1v) is 10.2. The number of benzene rings is 2. The van der Waals surface area contributed by atoms with Gasteiger partial charge in [-0.1, -0.05) is 48.5 Å². The number of nitrogens with one attached hydrogen (secondary N) is 1. The quantitative estimate of drug-likeness (QED) is 0.739. The zero-order valence-electron chi connectivity index (χ0n) is 17.4. The van der Waals surface area contributed by atoms with E-state index in [1.165, 1.54) is 10.8 Å². The summed E-state index contributed by atoms with van der Waals surface area (Å²) in [5.74, 6) is 0.755. The summed E-state index contributed by atoms with van der Waals surface area (Å²) in [6.45, 7) is 7.85. The highest BCUT2D eigenvalue weighted by Crippen LogP contribution is 2.25. The van der Waals surface area contributed by atoms with Crippen molar-refractivity contribution in [2.45, 2.75) is 19.9 Å². The van der Waals surface area contributed by atoms with E-state index in [0.29, 0.717) is 5.69 Å².